The number of benzene rings is 1. The minimum Gasteiger partial charge on any atom is -0.491 e. The normalized spacial score (nSPS) is 16.3. The maximum absolute atomic E-state index is 12.9. The lowest BCUT2D eigenvalue weighted by Crippen LogP contribution is -2.57. The molecule has 0 radical (unpaired) electrons. The van der Waals surface area contributed by atoms with E-state index in [0.717, 1.165) is 0 Å². The van der Waals surface area contributed by atoms with E-state index in [2.05, 4.69) is 5.32 Å². The molecule has 0 saturated carbocycles. The third-order valence-electron chi connectivity index (χ3n) is 4.30. The second kappa shape index (κ2) is 12.0. The van der Waals surface area contributed by atoms with Crippen LogP contribution in [0.15, 0.2) is 24.3 Å². The largest absolute Gasteiger partial charge is 0.491 e. The lowest BCUT2D eigenvalue weighted by atomic mass is 10.1. The number of esters is 1. The van der Waals surface area contributed by atoms with Crippen LogP contribution in [0.3, 0.4) is 0 Å². The molecule has 9 heteroatoms. The molecule has 1 heterocycles. The third-order valence-corrected chi connectivity index (χ3v) is 4.30. The molecule has 1 aliphatic heterocycles. The molecule has 1 fully saturated rings. The number of rotatable bonds is 11. The van der Waals surface area contributed by atoms with Crippen molar-refractivity contribution in [1.82, 2.24) is 10.2 Å². The summed E-state index contributed by atoms with van der Waals surface area (Å²) < 4.78 is 20.6. The van der Waals surface area contributed by atoms with E-state index in [1.165, 1.54) is 12.0 Å². The molecule has 1 saturated heterocycles. The standard InChI is InChI=1S/C20H28N2O7/c1-3-27-11-13-28-16-6-4-15(5-7-16)20(25)22-9-8-21-19(24)17(22)14-18(23)29-12-10-26-2/h4-7,17H,3,8-14H2,1-2H3,(H,21,24). The number of nitrogens with zero attached hydrogens (tertiary/aromatic N) is 1. The lowest BCUT2D eigenvalue weighted by Gasteiger charge is -2.34. The summed E-state index contributed by atoms with van der Waals surface area (Å²) in [5.74, 6) is -0.629. The van der Waals surface area contributed by atoms with E-state index in [9.17, 15) is 14.4 Å². The van der Waals surface area contributed by atoms with E-state index in [-0.39, 0.29) is 31.4 Å². The van der Waals surface area contributed by atoms with Crippen LogP contribution < -0.4 is 10.1 Å². The molecule has 1 aliphatic rings. The molecule has 1 atom stereocenters. The number of carbonyl (C=O) groups is 3. The van der Waals surface area contributed by atoms with E-state index in [1.807, 2.05) is 6.92 Å². The van der Waals surface area contributed by atoms with Gasteiger partial charge in [0, 0.05) is 32.4 Å². The van der Waals surface area contributed by atoms with Crippen LogP contribution in [0.25, 0.3) is 0 Å². The Morgan fingerprint density at radius 1 is 1.14 bits per heavy atom. The van der Waals surface area contributed by atoms with E-state index in [0.29, 0.717) is 44.2 Å². The van der Waals surface area contributed by atoms with Gasteiger partial charge in [0.2, 0.25) is 5.91 Å². The quantitative estimate of drug-likeness (QED) is 0.423. The first-order valence-electron chi connectivity index (χ1n) is 9.60. The van der Waals surface area contributed by atoms with Gasteiger partial charge in [0.15, 0.2) is 0 Å². The Bertz CT molecular complexity index is 678. The molecule has 0 spiro atoms. The molecule has 1 aromatic carbocycles. The molecule has 2 amide bonds. The van der Waals surface area contributed by atoms with Gasteiger partial charge in [-0.05, 0) is 31.2 Å². The summed E-state index contributed by atoms with van der Waals surface area (Å²) in [6.45, 7) is 4.45. The lowest BCUT2D eigenvalue weighted by molar-refractivity contribution is -0.148. The summed E-state index contributed by atoms with van der Waals surface area (Å²) in [7, 11) is 1.50. The summed E-state index contributed by atoms with van der Waals surface area (Å²) in [5, 5.41) is 2.69. The second-order valence-electron chi connectivity index (χ2n) is 6.29. The van der Waals surface area contributed by atoms with Gasteiger partial charge in [-0.2, -0.15) is 0 Å². The molecule has 160 valence electrons. The third kappa shape index (κ3) is 7.03. The predicted molar refractivity (Wildman–Crippen MR) is 104 cm³/mol. The highest BCUT2D eigenvalue weighted by Crippen LogP contribution is 2.18. The highest BCUT2D eigenvalue weighted by atomic mass is 16.6. The van der Waals surface area contributed by atoms with Gasteiger partial charge in [-0.25, -0.2) is 0 Å². The van der Waals surface area contributed by atoms with Gasteiger partial charge in [0.1, 0.15) is 25.0 Å². The van der Waals surface area contributed by atoms with Gasteiger partial charge in [-0.15, -0.1) is 0 Å². The van der Waals surface area contributed by atoms with Gasteiger partial charge in [0.05, 0.1) is 19.6 Å². The van der Waals surface area contributed by atoms with E-state index in [1.54, 1.807) is 24.3 Å². The van der Waals surface area contributed by atoms with Gasteiger partial charge in [0.25, 0.3) is 5.91 Å². The number of nitrogens with one attached hydrogen (secondary N) is 1. The molecule has 2 rings (SSSR count). The smallest absolute Gasteiger partial charge is 0.308 e. The molecule has 0 bridgehead atoms. The zero-order valence-corrected chi connectivity index (χ0v) is 16.8. The topological polar surface area (TPSA) is 103 Å². The molecular formula is C20H28N2O7. The molecule has 29 heavy (non-hydrogen) atoms. The number of methoxy groups -OCH3 is 1. The Morgan fingerprint density at radius 2 is 1.90 bits per heavy atom. The zero-order chi connectivity index (χ0) is 21.1. The average Bonchev–Trinajstić information content (AvgIpc) is 2.73. The molecular weight excluding hydrogens is 380 g/mol. The van der Waals surface area contributed by atoms with Gasteiger partial charge in [-0.3, -0.25) is 14.4 Å². The first-order valence-corrected chi connectivity index (χ1v) is 9.60. The zero-order valence-electron chi connectivity index (χ0n) is 16.8. The number of ether oxygens (including phenoxy) is 4. The van der Waals surface area contributed by atoms with E-state index in [4.69, 9.17) is 18.9 Å². The Balaban J connectivity index is 1.98. The molecule has 0 aromatic heterocycles. The van der Waals surface area contributed by atoms with Crippen molar-refractivity contribution < 1.29 is 33.3 Å². The van der Waals surface area contributed by atoms with Crippen molar-refractivity contribution in [2.75, 3.05) is 53.2 Å². The fourth-order valence-electron chi connectivity index (χ4n) is 2.84. The Morgan fingerprint density at radius 3 is 2.59 bits per heavy atom. The summed E-state index contributed by atoms with van der Waals surface area (Å²) in [6.07, 6.45) is -0.208. The second-order valence-corrected chi connectivity index (χ2v) is 6.29. The maximum atomic E-state index is 12.9. The van der Waals surface area contributed by atoms with Crippen molar-refractivity contribution in [2.24, 2.45) is 0 Å². The first kappa shape index (κ1) is 22.6. The van der Waals surface area contributed by atoms with Crippen LogP contribution in [0.2, 0.25) is 0 Å². The maximum Gasteiger partial charge on any atom is 0.308 e. The van der Waals surface area contributed by atoms with Gasteiger partial charge >= 0.3 is 5.97 Å². The SMILES string of the molecule is CCOCCOc1ccc(C(=O)N2CCNC(=O)C2CC(=O)OCCOC)cc1. The summed E-state index contributed by atoms with van der Waals surface area (Å²) in [5.41, 5.74) is 0.412. The van der Waals surface area contributed by atoms with Crippen molar-refractivity contribution in [2.45, 2.75) is 19.4 Å². The number of hydrogen-bond donors (Lipinski definition) is 1. The highest BCUT2D eigenvalue weighted by Gasteiger charge is 2.35. The van der Waals surface area contributed by atoms with Crippen molar-refractivity contribution in [1.29, 1.82) is 0 Å². The van der Waals surface area contributed by atoms with Crippen LogP contribution in [0, 0.1) is 0 Å². The summed E-state index contributed by atoms with van der Waals surface area (Å²) >= 11 is 0. The van der Waals surface area contributed by atoms with Crippen molar-refractivity contribution in [3.8, 4) is 5.75 Å². The van der Waals surface area contributed by atoms with Crippen molar-refractivity contribution >= 4 is 17.8 Å². The number of carbonyl (C=O) groups excluding carboxylic acids is 3. The van der Waals surface area contributed by atoms with Crippen molar-refractivity contribution in [3.05, 3.63) is 29.8 Å². The number of piperazine rings is 1. The Labute approximate surface area is 170 Å². The Hall–Kier alpha value is -2.65. The van der Waals surface area contributed by atoms with Crippen LogP contribution in [-0.2, 0) is 23.8 Å². The van der Waals surface area contributed by atoms with Crippen LogP contribution in [0.4, 0.5) is 0 Å². The summed E-state index contributed by atoms with van der Waals surface area (Å²) in [6, 6.07) is 5.75. The highest BCUT2D eigenvalue weighted by molar-refractivity contribution is 5.99. The molecule has 1 unspecified atom stereocenters. The van der Waals surface area contributed by atoms with Crippen LogP contribution in [0.1, 0.15) is 23.7 Å². The fourth-order valence-corrected chi connectivity index (χ4v) is 2.84. The van der Waals surface area contributed by atoms with Crippen LogP contribution in [-0.4, -0.2) is 82.0 Å². The first-order chi connectivity index (χ1) is 14.1. The monoisotopic (exact) mass is 408 g/mol. The Kier molecular flexibility index (Phi) is 9.39. The van der Waals surface area contributed by atoms with Crippen LogP contribution in [0.5, 0.6) is 5.75 Å². The number of hydrogen-bond acceptors (Lipinski definition) is 7. The molecule has 1 aromatic rings. The fraction of sp³-hybridized carbons (Fsp3) is 0.550. The molecule has 1 N–H and O–H groups in total. The molecule has 0 aliphatic carbocycles. The van der Waals surface area contributed by atoms with Crippen molar-refractivity contribution in [3.63, 3.8) is 0 Å². The summed E-state index contributed by atoms with van der Waals surface area (Å²) in [4.78, 5) is 38.6. The van der Waals surface area contributed by atoms with Gasteiger partial charge in [-0.1, -0.05) is 0 Å². The molecule has 9 nitrogen and oxygen atoms in total. The minimum atomic E-state index is -0.909. The average molecular weight is 408 g/mol. The van der Waals surface area contributed by atoms with E-state index < -0.39 is 12.0 Å². The van der Waals surface area contributed by atoms with Gasteiger partial charge < -0.3 is 29.2 Å². The van der Waals surface area contributed by atoms with E-state index >= 15 is 0 Å². The van der Waals surface area contributed by atoms with Crippen LogP contribution >= 0.6 is 0 Å². The number of amides is 2. The predicted octanol–water partition coefficient (Wildman–Crippen LogP) is 0.622. The minimum absolute atomic E-state index is 0.0996.